The molecule has 96 valence electrons. The zero-order chi connectivity index (χ0) is 12.8. The average Bonchev–Trinajstić information content (AvgIpc) is 2.84. The molecular weight excluding hydrogens is 220 g/mol. The SMILES string of the molecule is CCC(N)Cc1cccn1CCc1ccccc1. The highest BCUT2D eigenvalue weighted by atomic mass is 15.0. The predicted molar refractivity (Wildman–Crippen MR) is 76.5 cm³/mol. The second kappa shape index (κ2) is 6.41. The van der Waals surface area contributed by atoms with Gasteiger partial charge < -0.3 is 10.3 Å². The molecule has 2 rings (SSSR count). The molecule has 0 aliphatic heterocycles. The van der Waals surface area contributed by atoms with Gasteiger partial charge in [0.2, 0.25) is 0 Å². The standard InChI is InChI=1S/C16H22N2/c1-2-15(17)13-16-9-6-11-18(16)12-10-14-7-4-3-5-8-14/h3-9,11,15H,2,10,12-13,17H2,1H3. The topological polar surface area (TPSA) is 30.9 Å². The first-order valence-electron chi connectivity index (χ1n) is 6.73. The van der Waals surface area contributed by atoms with E-state index in [-0.39, 0.29) is 6.04 Å². The van der Waals surface area contributed by atoms with Gasteiger partial charge in [-0.2, -0.15) is 0 Å². The van der Waals surface area contributed by atoms with Gasteiger partial charge >= 0.3 is 0 Å². The minimum Gasteiger partial charge on any atom is -0.351 e. The molecule has 0 spiro atoms. The van der Waals surface area contributed by atoms with Crippen molar-refractivity contribution in [3.05, 3.63) is 59.9 Å². The number of nitrogens with two attached hydrogens (primary N) is 1. The van der Waals surface area contributed by atoms with Crippen LogP contribution in [0.4, 0.5) is 0 Å². The summed E-state index contributed by atoms with van der Waals surface area (Å²) in [5.41, 5.74) is 8.76. The van der Waals surface area contributed by atoms with E-state index in [1.165, 1.54) is 11.3 Å². The van der Waals surface area contributed by atoms with Crippen molar-refractivity contribution < 1.29 is 0 Å². The van der Waals surface area contributed by atoms with Crippen molar-refractivity contribution >= 4 is 0 Å². The summed E-state index contributed by atoms with van der Waals surface area (Å²) in [6.45, 7) is 3.17. The molecule has 0 fully saturated rings. The van der Waals surface area contributed by atoms with Crippen LogP contribution in [0.15, 0.2) is 48.7 Å². The molecule has 1 atom stereocenters. The van der Waals surface area contributed by atoms with Gasteiger partial charge in [-0.25, -0.2) is 0 Å². The smallest absolute Gasteiger partial charge is 0.0262 e. The van der Waals surface area contributed by atoms with E-state index in [0.29, 0.717) is 0 Å². The molecule has 1 heterocycles. The van der Waals surface area contributed by atoms with Gasteiger partial charge in [-0.05, 0) is 30.5 Å². The third-order valence-electron chi connectivity index (χ3n) is 3.40. The summed E-state index contributed by atoms with van der Waals surface area (Å²) in [7, 11) is 0. The summed E-state index contributed by atoms with van der Waals surface area (Å²) in [6, 6.07) is 15.2. The van der Waals surface area contributed by atoms with Crippen molar-refractivity contribution in [1.82, 2.24) is 4.57 Å². The molecule has 18 heavy (non-hydrogen) atoms. The summed E-state index contributed by atoms with van der Waals surface area (Å²) in [5.74, 6) is 0. The Kier molecular flexibility index (Phi) is 4.59. The van der Waals surface area contributed by atoms with Crippen LogP contribution in [0.25, 0.3) is 0 Å². The summed E-state index contributed by atoms with van der Waals surface area (Å²) < 4.78 is 2.32. The summed E-state index contributed by atoms with van der Waals surface area (Å²) >= 11 is 0. The fourth-order valence-corrected chi connectivity index (χ4v) is 2.16. The zero-order valence-corrected chi connectivity index (χ0v) is 11.0. The Morgan fingerprint density at radius 3 is 2.61 bits per heavy atom. The van der Waals surface area contributed by atoms with E-state index in [4.69, 9.17) is 5.73 Å². The largest absolute Gasteiger partial charge is 0.351 e. The Morgan fingerprint density at radius 2 is 1.89 bits per heavy atom. The Morgan fingerprint density at radius 1 is 1.11 bits per heavy atom. The molecule has 2 N–H and O–H groups in total. The number of aryl methyl sites for hydroxylation is 2. The lowest BCUT2D eigenvalue weighted by atomic mass is 10.1. The van der Waals surface area contributed by atoms with E-state index in [9.17, 15) is 0 Å². The lowest BCUT2D eigenvalue weighted by Crippen LogP contribution is -2.23. The highest BCUT2D eigenvalue weighted by molar-refractivity contribution is 5.15. The van der Waals surface area contributed by atoms with Crippen LogP contribution in [0.1, 0.15) is 24.6 Å². The van der Waals surface area contributed by atoms with Gasteiger partial charge in [-0.15, -0.1) is 0 Å². The van der Waals surface area contributed by atoms with Gasteiger partial charge in [0.1, 0.15) is 0 Å². The molecule has 0 saturated heterocycles. The van der Waals surface area contributed by atoms with Gasteiger partial charge in [0.25, 0.3) is 0 Å². The van der Waals surface area contributed by atoms with Crippen molar-refractivity contribution in [3.63, 3.8) is 0 Å². The number of rotatable bonds is 6. The van der Waals surface area contributed by atoms with E-state index >= 15 is 0 Å². The van der Waals surface area contributed by atoms with E-state index in [1.54, 1.807) is 0 Å². The third-order valence-corrected chi connectivity index (χ3v) is 3.40. The summed E-state index contributed by atoms with van der Waals surface area (Å²) in [6.07, 6.45) is 5.23. The van der Waals surface area contributed by atoms with Crippen molar-refractivity contribution in [1.29, 1.82) is 0 Å². The molecule has 0 aliphatic rings. The normalized spacial score (nSPS) is 12.6. The van der Waals surface area contributed by atoms with Gasteiger partial charge in [-0.3, -0.25) is 0 Å². The van der Waals surface area contributed by atoms with Gasteiger partial charge in [0, 0.05) is 30.9 Å². The van der Waals surface area contributed by atoms with Gasteiger partial charge in [0.15, 0.2) is 0 Å². The van der Waals surface area contributed by atoms with Crippen LogP contribution in [0, 0.1) is 0 Å². The van der Waals surface area contributed by atoms with Crippen LogP contribution < -0.4 is 5.73 Å². The summed E-state index contributed by atoms with van der Waals surface area (Å²) in [4.78, 5) is 0. The van der Waals surface area contributed by atoms with Crippen LogP contribution in [0.5, 0.6) is 0 Å². The molecule has 2 nitrogen and oxygen atoms in total. The number of hydrogen-bond donors (Lipinski definition) is 1. The molecule has 0 saturated carbocycles. The maximum Gasteiger partial charge on any atom is 0.0262 e. The average molecular weight is 242 g/mol. The van der Waals surface area contributed by atoms with Gasteiger partial charge in [-0.1, -0.05) is 37.3 Å². The zero-order valence-electron chi connectivity index (χ0n) is 11.0. The minimum absolute atomic E-state index is 0.273. The Hall–Kier alpha value is -1.54. The molecule has 1 aromatic carbocycles. The lowest BCUT2D eigenvalue weighted by Gasteiger charge is -2.12. The number of hydrogen-bond acceptors (Lipinski definition) is 1. The first-order chi connectivity index (χ1) is 8.79. The number of aromatic nitrogens is 1. The number of benzene rings is 1. The van der Waals surface area contributed by atoms with Crippen LogP contribution in [0.2, 0.25) is 0 Å². The fourth-order valence-electron chi connectivity index (χ4n) is 2.16. The summed E-state index contributed by atoms with van der Waals surface area (Å²) in [5, 5.41) is 0. The van der Waals surface area contributed by atoms with Crippen molar-refractivity contribution in [2.75, 3.05) is 0 Å². The minimum atomic E-state index is 0.273. The Bertz CT molecular complexity index is 459. The van der Waals surface area contributed by atoms with Crippen molar-refractivity contribution in [2.45, 2.75) is 38.8 Å². The molecule has 1 unspecified atom stereocenters. The third kappa shape index (κ3) is 3.47. The molecular formula is C16H22N2. The highest BCUT2D eigenvalue weighted by Crippen LogP contribution is 2.09. The second-order valence-electron chi connectivity index (χ2n) is 4.80. The van der Waals surface area contributed by atoms with Crippen LogP contribution in [-0.4, -0.2) is 10.6 Å². The molecule has 0 bridgehead atoms. The maximum absolute atomic E-state index is 6.03. The van der Waals surface area contributed by atoms with Crippen LogP contribution >= 0.6 is 0 Å². The van der Waals surface area contributed by atoms with E-state index in [1.807, 2.05) is 0 Å². The molecule has 0 radical (unpaired) electrons. The number of nitrogens with zero attached hydrogens (tertiary/aromatic N) is 1. The quantitative estimate of drug-likeness (QED) is 0.829. The van der Waals surface area contributed by atoms with Crippen LogP contribution in [-0.2, 0) is 19.4 Å². The highest BCUT2D eigenvalue weighted by Gasteiger charge is 2.05. The van der Waals surface area contributed by atoms with Gasteiger partial charge in [0.05, 0.1) is 0 Å². The first-order valence-corrected chi connectivity index (χ1v) is 6.73. The van der Waals surface area contributed by atoms with E-state index in [0.717, 1.165) is 25.8 Å². The van der Waals surface area contributed by atoms with Crippen molar-refractivity contribution in [2.24, 2.45) is 5.73 Å². The second-order valence-corrected chi connectivity index (χ2v) is 4.80. The van der Waals surface area contributed by atoms with Crippen LogP contribution in [0.3, 0.4) is 0 Å². The molecule has 1 aromatic heterocycles. The molecule has 0 aliphatic carbocycles. The molecule has 2 heteroatoms. The Labute approximate surface area is 109 Å². The first kappa shape index (κ1) is 12.9. The van der Waals surface area contributed by atoms with Crippen molar-refractivity contribution in [3.8, 4) is 0 Å². The monoisotopic (exact) mass is 242 g/mol. The molecule has 2 aromatic rings. The Balaban J connectivity index is 1.95. The fraction of sp³-hybridized carbons (Fsp3) is 0.375. The molecule has 0 amide bonds. The predicted octanol–water partition coefficient (Wildman–Crippen LogP) is 3.01. The van der Waals surface area contributed by atoms with E-state index < -0.39 is 0 Å². The van der Waals surface area contributed by atoms with E-state index in [2.05, 4.69) is 60.2 Å². The lowest BCUT2D eigenvalue weighted by molar-refractivity contribution is 0.591. The maximum atomic E-state index is 6.03.